The number of fused-ring (bicyclic) bond motifs is 1. The van der Waals surface area contributed by atoms with Crippen LogP contribution in [0.15, 0.2) is 114 Å². The zero-order valence-electron chi connectivity index (χ0n) is 22.3. The second-order valence-electron chi connectivity index (χ2n) is 10.2. The van der Waals surface area contributed by atoms with Gasteiger partial charge in [0.05, 0.1) is 30.1 Å². The fraction of sp³-hybridized carbons (Fsp3) is 0.147. The van der Waals surface area contributed by atoms with Crippen molar-refractivity contribution >= 4 is 29.0 Å². The van der Waals surface area contributed by atoms with Gasteiger partial charge in [-0.15, -0.1) is 0 Å². The Bertz CT molecular complexity index is 1660. The Balaban J connectivity index is 1.54. The number of rotatable bonds is 4. The summed E-state index contributed by atoms with van der Waals surface area (Å²) in [4.78, 5) is 42.2. The number of carbonyl (C=O) groups excluding carboxylic acids is 3. The van der Waals surface area contributed by atoms with E-state index in [-0.39, 0.29) is 29.8 Å². The van der Waals surface area contributed by atoms with Gasteiger partial charge >= 0.3 is 5.97 Å². The van der Waals surface area contributed by atoms with Crippen molar-refractivity contribution in [2.45, 2.75) is 24.8 Å². The minimum atomic E-state index is -0.762. The predicted octanol–water partition coefficient (Wildman–Crippen LogP) is 6.83. The van der Waals surface area contributed by atoms with Crippen LogP contribution in [0.3, 0.4) is 0 Å². The number of nitrogens with zero attached hydrogens (tertiary/aromatic N) is 1. The molecule has 6 nitrogen and oxygen atoms in total. The van der Waals surface area contributed by atoms with Gasteiger partial charge in [0.15, 0.2) is 5.78 Å². The Hall–Kier alpha value is -5.04. The third kappa shape index (κ3) is 4.91. The van der Waals surface area contributed by atoms with Crippen molar-refractivity contribution < 1.29 is 23.5 Å². The average Bonchev–Trinajstić information content (AvgIpc) is 3.16. The van der Waals surface area contributed by atoms with E-state index in [2.05, 4.69) is 5.32 Å². The summed E-state index contributed by atoms with van der Waals surface area (Å²) in [6.45, 7) is 0. The normalized spacial score (nSPS) is 18.1. The summed E-state index contributed by atoms with van der Waals surface area (Å²) < 4.78 is 18.5. The molecular weight excluding hydrogens is 519 g/mol. The number of benzene rings is 4. The second-order valence-corrected chi connectivity index (χ2v) is 10.2. The first-order chi connectivity index (χ1) is 19.9. The molecular formula is C34H27FN2O4. The fourth-order valence-electron chi connectivity index (χ4n) is 5.74. The van der Waals surface area contributed by atoms with E-state index in [1.807, 2.05) is 30.3 Å². The number of Topliss-reactive ketones (excluding diaryl/α,β-unsaturated/α-hetero) is 1. The smallest absolute Gasteiger partial charge is 0.337 e. The van der Waals surface area contributed by atoms with Gasteiger partial charge in [0.2, 0.25) is 0 Å². The predicted molar refractivity (Wildman–Crippen MR) is 154 cm³/mol. The maximum absolute atomic E-state index is 14.3. The maximum atomic E-state index is 14.3. The Labute approximate surface area is 237 Å². The van der Waals surface area contributed by atoms with Gasteiger partial charge in [-0.05, 0) is 72.0 Å². The standard InChI is InChI=1S/C34H27FN2O4/c1-41-34(40)24-13-11-22(12-14-24)32-31-28(19-25(20-30(31)38)21-15-17-26(35)18-16-21)36-27-9-5-6-10-29(27)37(32)33(39)23-7-3-2-4-8-23/h2-18,25,32,36H,19-20H2,1H3/t25-,32-/m1/s1. The topological polar surface area (TPSA) is 75.7 Å². The number of esters is 1. The first-order valence-electron chi connectivity index (χ1n) is 13.4. The number of allylic oxidation sites excluding steroid dienone is 1. The van der Waals surface area contributed by atoms with Crippen LogP contribution in [0.1, 0.15) is 56.6 Å². The molecule has 2 atom stereocenters. The molecule has 4 aromatic rings. The summed E-state index contributed by atoms with van der Waals surface area (Å²) in [7, 11) is 1.32. The molecule has 2 aliphatic rings. The van der Waals surface area contributed by atoms with Crippen molar-refractivity contribution in [3.05, 3.63) is 142 Å². The highest BCUT2D eigenvalue weighted by Crippen LogP contribution is 2.47. The molecule has 6 rings (SSSR count). The minimum absolute atomic E-state index is 0.103. The van der Waals surface area contributed by atoms with Crippen LogP contribution in [0.2, 0.25) is 0 Å². The van der Waals surface area contributed by atoms with Gasteiger partial charge in [-0.2, -0.15) is 0 Å². The summed E-state index contributed by atoms with van der Waals surface area (Å²) in [6, 6.07) is 28.8. The number of ketones is 1. The number of hydrogen-bond acceptors (Lipinski definition) is 5. The number of methoxy groups -OCH3 is 1. The first kappa shape index (κ1) is 26.2. The van der Waals surface area contributed by atoms with Crippen LogP contribution in [-0.2, 0) is 9.53 Å². The molecule has 0 fully saturated rings. The molecule has 204 valence electrons. The summed E-state index contributed by atoms with van der Waals surface area (Å²) in [5.74, 6) is -1.32. The first-order valence-corrected chi connectivity index (χ1v) is 13.4. The second kappa shape index (κ2) is 10.8. The van der Waals surface area contributed by atoms with Gasteiger partial charge in [0.1, 0.15) is 5.82 Å². The lowest BCUT2D eigenvalue weighted by atomic mass is 9.78. The highest BCUT2D eigenvalue weighted by atomic mass is 19.1. The van der Waals surface area contributed by atoms with Crippen LogP contribution in [-0.4, -0.2) is 24.8 Å². The summed E-state index contributed by atoms with van der Waals surface area (Å²) >= 11 is 0. The van der Waals surface area contributed by atoms with E-state index in [9.17, 15) is 18.8 Å². The average molecular weight is 547 g/mol. The lowest BCUT2D eigenvalue weighted by molar-refractivity contribution is -0.116. The van der Waals surface area contributed by atoms with Gasteiger partial charge in [0.25, 0.3) is 5.91 Å². The number of hydrogen-bond donors (Lipinski definition) is 1. The van der Waals surface area contributed by atoms with Crippen molar-refractivity contribution in [3.8, 4) is 0 Å². The Kier molecular flexibility index (Phi) is 6.93. The van der Waals surface area contributed by atoms with E-state index < -0.39 is 12.0 Å². The van der Waals surface area contributed by atoms with Gasteiger partial charge in [-0.3, -0.25) is 14.5 Å². The lowest BCUT2D eigenvalue weighted by Gasteiger charge is -2.35. The molecule has 1 aliphatic heterocycles. The van der Waals surface area contributed by atoms with E-state index in [4.69, 9.17) is 4.74 Å². The molecule has 1 aliphatic carbocycles. The summed E-state index contributed by atoms with van der Waals surface area (Å²) in [5.41, 5.74) is 4.95. The van der Waals surface area contributed by atoms with Crippen molar-refractivity contribution in [3.63, 3.8) is 0 Å². The van der Waals surface area contributed by atoms with Crippen LogP contribution < -0.4 is 10.2 Å². The molecule has 1 N–H and O–H groups in total. The van der Waals surface area contributed by atoms with E-state index in [0.717, 1.165) is 5.56 Å². The van der Waals surface area contributed by atoms with Gasteiger partial charge in [-0.25, -0.2) is 9.18 Å². The molecule has 0 bridgehead atoms. The zero-order chi connectivity index (χ0) is 28.5. The number of ether oxygens (including phenoxy) is 1. The molecule has 41 heavy (non-hydrogen) atoms. The molecule has 0 saturated carbocycles. The molecule has 0 aromatic heterocycles. The van der Waals surface area contributed by atoms with Gasteiger partial charge in [0, 0.05) is 23.3 Å². The van der Waals surface area contributed by atoms with E-state index in [1.54, 1.807) is 65.6 Å². The third-order valence-corrected chi connectivity index (χ3v) is 7.72. The quantitative estimate of drug-likeness (QED) is 0.284. The largest absolute Gasteiger partial charge is 0.465 e. The van der Waals surface area contributed by atoms with Crippen molar-refractivity contribution in [2.75, 3.05) is 17.3 Å². The lowest BCUT2D eigenvalue weighted by Crippen LogP contribution is -2.38. The van der Waals surface area contributed by atoms with Crippen LogP contribution in [0.5, 0.6) is 0 Å². The molecule has 1 heterocycles. The van der Waals surface area contributed by atoms with Crippen LogP contribution in [0.25, 0.3) is 0 Å². The number of amides is 1. The monoisotopic (exact) mass is 546 g/mol. The van der Waals surface area contributed by atoms with Crippen LogP contribution in [0, 0.1) is 5.82 Å². The summed E-state index contributed by atoms with van der Waals surface area (Å²) in [5, 5.41) is 3.49. The van der Waals surface area contributed by atoms with Crippen LogP contribution in [0.4, 0.5) is 15.8 Å². The fourth-order valence-corrected chi connectivity index (χ4v) is 5.74. The SMILES string of the molecule is COC(=O)c1ccc([C@@H]2C3=C(C[C@@H](c4ccc(F)cc4)CC3=O)Nc3ccccc3N2C(=O)c2ccccc2)cc1. The number of anilines is 2. The molecule has 0 unspecified atom stereocenters. The third-order valence-electron chi connectivity index (χ3n) is 7.72. The zero-order valence-corrected chi connectivity index (χ0v) is 22.3. The van der Waals surface area contributed by atoms with Crippen molar-refractivity contribution in [2.24, 2.45) is 0 Å². The van der Waals surface area contributed by atoms with Crippen molar-refractivity contribution in [1.82, 2.24) is 0 Å². The van der Waals surface area contributed by atoms with E-state index in [0.29, 0.717) is 45.8 Å². The van der Waals surface area contributed by atoms with Crippen molar-refractivity contribution in [1.29, 1.82) is 0 Å². The Morgan fingerprint density at radius 2 is 1.46 bits per heavy atom. The van der Waals surface area contributed by atoms with E-state index in [1.165, 1.54) is 19.2 Å². The number of carbonyl (C=O) groups is 3. The number of halogens is 1. The Morgan fingerprint density at radius 3 is 2.17 bits per heavy atom. The number of nitrogens with one attached hydrogen (secondary N) is 1. The van der Waals surface area contributed by atoms with E-state index >= 15 is 0 Å². The minimum Gasteiger partial charge on any atom is -0.465 e. The van der Waals surface area contributed by atoms with Gasteiger partial charge < -0.3 is 10.1 Å². The maximum Gasteiger partial charge on any atom is 0.337 e. The molecule has 1 amide bonds. The molecule has 0 saturated heterocycles. The number of para-hydroxylation sites is 2. The molecule has 0 spiro atoms. The highest BCUT2D eigenvalue weighted by molar-refractivity contribution is 6.12. The molecule has 7 heteroatoms. The molecule has 0 radical (unpaired) electrons. The molecule has 4 aromatic carbocycles. The van der Waals surface area contributed by atoms with Crippen LogP contribution >= 0.6 is 0 Å². The summed E-state index contributed by atoms with van der Waals surface area (Å²) in [6.07, 6.45) is 0.720. The highest BCUT2D eigenvalue weighted by Gasteiger charge is 2.42. The Morgan fingerprint density at radius 1 is 0.805 bits per heavy atom. The van der Waals surface area contributed by atoms with Gasteiger partial charge in [-0.1, -0.05) is 54.6 Å².